The van der Waals surface area contributed by atoms with Gasteiger partial charge in [-0.2, -0.15) is 0 Å². The van der Waals surface area contributed by atoms with Gasteiger partial charge < -0.3 is 9.47 Å². The maximum atomic E-state index is 12.9. The summed E-state index contributed by atoms with van der Waals surface area (Å²) in [4.78, 5) is 48.7. The third-order valence-electron chi connectivity index (χ3n) is 4.30. The Bertz CT molecular complexity index is 1120. The summed E-state index contributed by atoms with van der Waals surface area (Å²) in [5, 5.41) is 10.7. The van der Waals surface area contributed by atoms with Crippen LogP contribution in [0.2, 0.25) is 0 Å². The number of hydrogen-bond acceptors (Lipinski definition) is 8. The van der Waals surface area contributed by atoms with E-state index >= 15 is 0 Å². The van der Waals surface area contributed by atoms with E-state index in [0.29, 0.717) is 15.8 Å². The van der Waals surface area contributed by atoms with E-state index in [0.717, 1.165) is 16.7 Å². The van der Waals surface area contributed by atoms with E-state index in [1.165, 1.54) is 24.3 Å². The minimum atomic E-state index is -0.575. The number of amides is 2. The van der Waals surface area contributed by atoms with Crippen LogP contribution < -0.4 is 4.74 Å². The van der Waals surface area contributed by atoms with E-state index < -0.39 is 22.0 Å². The fourth-order valence-electron chi connectivity index (χ4n) is 2.87. The summed E-state index contributed by atoms with van der Waals surface area (Å²) in [5.41, 5.74) is 0.555. The minimum absolute atomic E-state index is 0.132. The van der Waals surface area contributed by atoms with Crippen molar-refractivity contribution in [3.05, 3.63) is 73.1 Å². The van der Waals surface area contributed by atoms with Crippen LogP contribution in [0.1, 0.15) is 18.1 Å². The Labute approximate surface area is 195 Å². The monoisotopic (exact) mass is 520 g/mol. The van der Waals surface area contributed by atoms with Gasteiger partial charge in [-0.1, -0.05) is 34.1 Å². The van der Waals surface area contributed by atoms with Crippen molar-refractivity contribution in [2.24, 2.45) is 0 Å². The Morgan fingerprint density at radius 2 is 2.00 bits per heavy atom. The predicted molar refractivity (Wildman–Crippen MR) is 121 cm³/mol. The Balaban J connectivity index is 1.84. The number of carbonyl (C=O) groups excluding carboxylic acids is 3. The summed E-state index contributed by atoms with van der Waals surface area (Å²) < 4.78 is 11.1. The van der Waals surface area contributed by atoms with Gasteiger partial charge in [0.25, 0.3) is 16.8 Å². The molecular weight excluding hydrogens is 504 g/mol. The number of para-hydroxylation sites is 1. The number of carbonyl (C=O) groups is 3. The molecule has 2 aromatic rings. The van der Waals surface area contributed by atoms with Gasteiger partial charge in [0.1, 0.15) is 5.75 Å². The van der Waals surface area contributed by atoms with Crippen molar-refractivity contribution < 1.29 is 28.8 Å². The average molecular weight is 521 g/mol. The zero-order valence-electron chi connectivity index (χ0n) is 16.8. The maximum absolute atomic E-state index is 12.9. The molecule has 0 radical (unpaired) electrons. The quantitative estimate of drug-likeness (QED) is 0.215. The van der Waals surface area contributed by atoms with Crippen LogP contribution in [0.15, 0.2) is 51.8 Å². The summed E-state index contributed by atoms with van der Waals surface area (Å²) >= 11 is 4.07. The van der Waals surface area contributed by atoms with Crippen LogP contribution in [0.3, 0.4) is 0 Å². The molecule has 0 aliphatic carbocycles. The van der Waals surface area contributed by atoms with Crippen LogP contribution in [0, 0.1) is 10.1 Å². The highest BCUT2D eigenvalue weighted by Crippen LogP contribution is 2.36. The van der Waals surface area contributed by atoms with Crippen molar-refractivity contribution in [1.29, 1.82) is 0 Å². The molecule has 0 bridgehead atoms. The Morgan fingerprint density at radius 1 is 1.25 bits per heavy atom. The van der Waals surface area contributed by atoms with Crippen molar-refractivity contribution >= 4 is 56.6 Å². The van der Waals surface area contributed by atoms with E-state index in [2.05, 4.69) is 15.9 Å². The first-order chi connectivity index (χ1) is 15.3. The van der Waals surface area contributed by atoms with Crippen LogP contribution in [-0.2, 0) is 20.9 Å². The molecule has 1 aliphatic rings. The second kappa shape index (κ2) is 10.4. The topological polar surface area (TPSA) is 116 Å². The average Bonchev–Trinajstić information content (AvgIpc) is 3.01. The molecule has 2 amide bonds. The third kappa shape index (κ3) is 5.54. The highest BCUT2D eigenvalue weighted by atomic mass is 79.9. The van der Waals surface area contributed by atoms with Crippen molar-refractivity contribution in [3.63, 3.8) is 0 Å². The van der Waals surface area contributed by atoms with E-state index in [-0.39, 0.29) is 35.9 Å². The first-order valence-electron chi connectivity index (χ1n) is 9.35. The molecular formula is C21H17BrN2O7S. The van der Waals surface area contributed by atoms with E-state index in [1.54, 1.807) is 31.2 Å². The molecule has 1 aliphatic heterocycles. The van der Waals surface area contributed by atoms with Gasteiger partial charge in [-0.3, -0.25) is 24.6 Å². The first kappa shape index (κ1) is 23.5. The van der Waals surface area contributed by atoms with Crippen molar-refractivity contribution in [1.82, 2.24) is 4.90 Å². The summed E-state index contributed by atoms with van der Waals surface area (Å²) in [5.74, 6) is -0.785. The van der Waals surface area contributed by atoms with Crippen LogP contribution in [0.5, 0.6) is 5.75 Å². The molecule has 166 valence electrons. The fourth-order valence-corrected chi connectivity index (χ4v) is 4.08. The second-order valence-electron chi connectivity index (χ2n) is 6.43. The molecule has 1 fully saturated rings. The number of hydrogen-bond donors (Lipinski definition) is 0. The number of benzene rings is 2. The van der Waals surface area contributed by atoms with Crippen LogP contribution in [0.25, 0.3) is 6.08 Å². The molecule has 1 heterocycles. The largest absolute Gasteiger partial charge is 0.481 e. The molecule has 1 saturated heterocycles. The molecule has 3 rings (SSSR count). The number of imide groups is 1. The van der Waals surface area contributed by atoms with Gasteiger partial charge in [0.05, 0.1) is 23.0 Å². The number of nitrogens with zero attached hydrogens (tertiary/aromatic N) is 2. The van der Waals surface area contributed by atoms with Gasteiger partial charge >= 0.3 is 5.97 Å². The SMILES string of the molecule is CCOC(=O)COc1ccc(Br)cc1/C=C1/SC(=O)N(Cc2ccccc2[N+](=O)[O-])C1=O. The van der Waals surface area contributed by atoms with E-state index in [4.69, 9.17) is 9.47 Å². The lowest BCUT2D eigenvalue weighted by Crippen LogP contribution is -2.27. The normalized spacial score (nSPS) is 14.7. The number of thioether (sulfide) groups is 1. The molecule has 32 heavy (non-hydrogen) atoms. The van der Waals surface area contributed by atoms with Gasteiger partial charge in [-0.15, -0.1) is 0 Å². The van der Waals surface area contributed by atoms with Gasteiger partial charge in [-0.25, -0.2) is 4.79 Å². The van der Waals surface area contributed by atoms with Crippen LogP contribution in [0.4, 0.5) is 10.5 Å². The molecule has 0 spiro atoms. The number of esters is 1. The van der Waals surface area contributed by atoms with Crippen molar-refractivity contribution in [2.75, 3.05) is 13.2 Å². The zero-order valence-corrected chi connectivity index (χ0v) is 19.2. The summed E-state index contributed by atoms with van der Waals surface area (Å²) in [7, 11) is 0. The number of halogens is 1. The van der Waals surface area contributed by atoms with Gasteiger partial charge in [-0.05, 0) is 43.0 Å². The molecule has 0 atom stereocenters. The second-order valence-corrected chi connectivity index (χ2v) is 8.34. The predicted octanol–water partition coefficient (Wildman–Crippen LogP) is 4.54. The molecule has 0 unspecified atom stereocenters. The maximum Gasteiger partial charge on any atom is 0.344 e. The van der Waals surface area contributed by atoms with Crippen molar-refractivity contribution in [3.8, 4) is 5.75 Å². The summed E-state index contributed by atoms with van der Waals surface area (Å²) in [6.07, 6.45) is 1.48. The summed E-state index contributed by atoms with van der Waals surface area (Å²) in [6.45, 7) is 1.38. The molecule has 0 saturated carbocycles. The van der Waals surface area contributed by atoms with E-state index in [9.17, 15) is 24.5 Å². The van der Waals surface area contributed by atoms with Gasteiger partial charge in [0.15, 0.2) is 6.61 Å². The Morgan fingerprint density at radius 3 is 2.72 bits per heavy atom. The molecule has 9 nitrogen and oxygen atoms in total. The fraction of sp³-hybridized carbons (Fsp3) is 0.190. The molecule has 0 N–H and O–H groups in total. The van der Waals surface area contributed by atoms with Gasteiger partial charge in [0.2, 0.25) is 0 Å². The third-order valence-corrected chi connectivity index (χ3v) is 5.70. The lowest BCUT2D eigenvalue weighted by atomic mass is 10.1. The summed E-state index contributed by atoms with van der Waals surface area (Å²) in [6, 6.07) is 10.9. The standard InChI is InChI=1S/C21H17BrN2O7S/c1-2-30-19(25)12-31-17-8-7-15(22)9-14(17)10-18-20(26)23(21(27)32-18)11-13-5-3-4-6-16(13)24(28)29/h3-10H,2,11-12H2,1H3/b18-10+. The molecule has 11 heteroatoms. The molecule has 0 aromatic heterocycles. The van der Waals surface area contributed by atoms with Gasteiger partial charge in [0, 0.05) is 21.7 Å². The number of nitro groups is 1. The highest BCUT2D eigenvalue weighted by Gasteiger charge is 2.36. The number of nitro benzene ring substituents is 1. The van der Waals surface area contributed by atoms with Crippen molar-refractivity contribution in [2.45, 2.75) is 13.5 Å². The van der Waals surface area contributed by atoms with Crippen LogP contribution >= 0.6 is 27.7 Å². The Hall–Kier alpha value is -3.18. The Kier molecular flexibility index (Phi) is 7.65. The lowest BCUT2D eigenvalue weighted by molar-refractivity contribution is -0.385. The minimum Gasteiger partial charge on any atom is -0.481 e. The lowest BCUT2D eigenvalue weighted by Gasteiger charge is -2.12. The zero-order chi connectivity index (χ0) is 23.3. The molecule has 2 aromatic carbocycles. The number of ether oxygens (including phenoxy) is 2. The number of rotatable bonds is 8. The highest BCUT2D eigenvalue weighted by molar-refractivity contribution is 9.10. The van der Waals surface area contributed by atoms with E-state index in [1.807, 2.05) is 0 Å². The van der Waals surface area contributed by atoms with Crippen LogP contribution in [-0.4, -0.2) is 40.2 Å². The smallest absolute Gasteiger partial charge is 0.344 e. The first-order valence-corrected chi connectivity index (χ1v) is 11.0.